The summed E-state index contributed by atoms with van der Waals surface area (Å²) in [6.07, 6.45) is 0. The molecule has 0 aliphatic rings. The SMILES string of the molecule is CCOC(=O)c1c(C)oc2cccc([N+](=O)[O-])c12. The van der Waals surface area contributed by atoms with E-state index in [9.17, 15) is 14.9 Å². The Labute approximate surface area is 102 Å². The molecule has 18 heavy (non-hydrogen) atoms. The van der Waals surface area contributed by atoms with Gasteiger partial charge in [-0.1, -0.05) is 6.07 Å². The smallest absolute Gasteiger partial charge is 0.342 e. The number of esters is 1. The van der Waals surface area contributed by atoms with Gasteiger partial charge in [-0.2, -0.15) is 0 Å². The number of hydrogen-bond donors (Lipinski definition) is 0. The van der Waals surface area contributed by atoms with Crippen molar-refractivity contribution in [2.45, 2.75) is 13.8 Å². The van der Waals surface area contributed by atoms with Crippen molar-refractivity contribution in [3.05, 3.63) is 39.6 Å². The number of fused-ring (bicyclic) bond motifs is 1. The van der Waals surface area contributed by atoms with Gasteiger partial charge >= 0.3 is 5.97 Å². The van der Waals surface area contributed by atoms with Gasteiger partial charge in [0.25, 0.3) is 5.69 Å². The highest BCUT2D eigenvalue weighted by Gasteiger charge is 2.26. The molecular weight excluding hydrogens is 238 g/mol. The maximum atomic E-state index is 11.8. The second-order valence-corrected chi connectivity index (χ2v) is 3.66. The van der Waals surface area contributed by atoms with Gasteiger partial charge in [-0.3, -0.25) is 10.1 Å². The van der Waals surface area contributed by atoms with E-state index in [1.807, 2.05) is 0 Å². The third-order valence-corrected chi connectivity index (χ3v) is 2.55. The predicted molar refractivity (Wildman–Crippen MR) is 63.6 cm³/mol. The number of ether oxygens (including phenoxy) is 1. The van der Waals surface area contributed by atoms with Crippen LogP contribution in [0.2, 0.25) is 0 Å². The van der Waals surface area contributed by atoms with Crippen molar-refractivity contribution in [2.24, 2.45) is 0 Å². The third kappa shape index (κ3) is 1.81. The van der Waals surface area contributed by atoms with Crippen LogP contribution in [0, 0.1) is 17.0 Å². The number of aryl methyl sites for hydroxylation is 1. The first kappa shape index (κ1) is 12.1. The van der Waals surface area contributed by atoms with Crippen molar-refractivity contribution in [3.8, 4) is 0 Å². The zero-order valence-electron chi connectivity index (χ0n) is 9.93. The van der Waals surface area contributed by atoms with Crippen molar-refractivity contribution in [1.82, 2.24) is 0 Å². The zero-order chi connectivity index (χ0) is 13.3. The normalized spacial score (nSPS) is 10.6. The fourth-order valence-corrected chi connectivity index (χ4v) is 1.85. The summed E-state index contributed by atoms with van der Waals surface area (Å²) in [5.74, 6) is -0.291. The second-order valence-electron chi connectivity index (χ2n) is 3.66. The van der Waals surface area contributed by atoms with Gasteiger partial charge in [0, 0.05) is 6.07 Å². The maximum Gasteiger partial charge on any atom is 0.342 e. The van der Waals surface area contributed by atoms with Crippen molar-refractivity contribution in [3.63, 3.8) is 0 Å². The summed E-state index contributed by atoms with van der Waals surface area (Å²) in [5.41, 5.74) is 0.274. The highest BCUT2D eigenvalue weighted by atomic mass is 16.6. The Morgan fingerprint density at radius 3 is 2.83 bits per heavy atom. The molecule has 94 valence electrons. The number of nitro benzene ring substituents is 1. The first-order valence-corrected chi connectivity index (χ1v) is 5.40. The molecule has 0 unspecified atom stereocenters. The van der Waals surface area contributed by atoms with Crippen molar-refractivity contribution >= 4 is 22.6 Å². The van der Waals surface area contributed by atoms with Gasteiger partial charge in [-0.05, 0) is 19.9 Å². The van der Waals surface area contributed by atoms with E-state index < -0.39 is 10.9 Å². The molecule has 1 aromatic carbocycles. The van der Waals surface area contributed by atoms with Crippen LogP contribution in [-0.4, -0.2) is 17.5 Å². The largest absolute Gasteiger partial charge is 0.462 e. The van der Waals surface area contributed by atoms with E-state index in [1.54, 1.807) is 19.9 Å². The number of hydrogen-bond acceptors (Lipinski definition) is 5. The van der Waals surface area contributed by atoms with Crippen LogP contribution in [0.15, 0.2) is 22.6 Å². The predicted octanol–water partition coefficient (Wildman–Crippen LogP) is 2.83. The lowest BCUT2D eigenvalue weighted by Crippen LogP contribution is -2.06. The Bertz CT molecular complexity index is 629. The van der Waals surface area contributed by atoms with Gasteiger partial charge < -0.3 is 9.15 Å². The number of non-ortho nitro benzene ring substituents is 1. The van der Waals surface area contributed by atoms with Crippen molar-refractivity contribution in [2.75, 3.05) is 6.61 Å². The molecule has 6 nitrogen and oxygen atoms in total. The van der Waals surface area contributed by atoms with Crippen LogP contribution in [0.3, 0.4) is 0 Å². The summed E-state index contributed by atoms with van der Waals surface area (Å²) in [4.78, 5) is 22.2. The second kappa shape index (κ2) is 4.48. The minimum atomic E-state index is -0.608. The van der Waals surface area contributed by atoms with E-state index in [1.165, 1.54) is 12.1 Å². The lowest BCUT2D eigenvalue weighted by molar-refractivity contribution is -0.383. The average molecular weight is 249 g/mol. The quantitative estimate of drug-likeness (QED) is 0.474. The maximum absolute atomic E-state index is 11.8. The molecular formula is C12H11NO5. The van der Waals surface area contributed by atoms with E-state index in [4.69, 9.17) is 9.15 Å². The van der Waals surface area contributed by atoms with Crippen LogP contribution in [0.5, 0.6) is 0 Å². The highest BCUT2D eigenvalue weighted by molar-refractivity contribution is 6.08. The minimum absolute atomic E-state index is 0.124. The number of nitrogens with zero attached hydrogens (tertiary/aromatic N) is 1. The Morgan fingerprint density at radius 1 is 1.50 bits per heavy atom. The lowest BCUT2D eigenvalue weighted by Gasteiger charge is -2.00. The summed E-state index contributed by atoms with van der Waals surface area (Å²) < 4.78 is 10.2. The molecule has 1 heterocycles. The van der Waals surface area contributed by atoms with Gasteiger partial charge in [0.05, 0.1) is 11.5 Å². The third-order valence-electron chi connectivity index (χ3n) is 2.55. The molecule has 0 aliphatic heterocycles. The van der Waals surface area contributed by atoms with E-state index in [2.05, 4.69) is 0 Å². The summed E-state index contributed by atoms with van der Waals surface area (Å²) in [7, 11) is 0. The van der Waals surface area contributed by atoms with Crippen molar-refractivity contribution in [1.29, 1.82) is 0 Å². The molecule has 0 spiro atoms. The molecule has 0 N–H and O–H groups in total. The van der Waals surface area contributed by atoms with Gasteiger partial charge in [0.15, 0.2) is 0 Å². The number of furan rings is 1. The molecule has 0 aliphatic carbocycles. The van der Waals surface area contributed by atoms with Gasteiger partial charge in [-0.25, -0.2) is 4.79 Å². The van der Waals surface area contributed by atoms with Crippen molar-refractivity contribution < 1.29 is 18.9 Å². The summed E-state index contributed by atoms with van der Waals surface area (Å²) in [6.45, 7) is 3.45. The molecule has 1 aromatic heterocycles. The summed E-state index contributed by atoms with van der Waals surface area (Å²) in [6, 6.07) is 4.43. The Morgan fingerprint density at radius 2 is 2.22 bits per heavy atom. The fourth-order valence-electron chi connectivity index (χ4n) is 1.85. The highest BCUT2D eigenvalue weighted by Crippen LogP contribution is 2.33. The number of carbonyl (C=O) groups is 1. The fraction of sp³-hybridized carbons (Fsp3) is 0.250. The monoisotopic (exact) mass is 249 g/mol. The summed E-state index contributed by atoms with van der Waals surface area (Å²) in [5, 5.41) is 11.2. The minimum Gasteiger partial charge on any atom is -0.462 e. The van der Waals surface area contributed by atoms with Gasteiger partial charge in [0.2, 0.25) is 0 Å². The Kier molecular flexibility index (Phi) is 3.01. The standard InChI is InChI=1S/C12H11NO5/c1-3-17-12(14)10-7(2)18-9-6-4-5-8(11(9)10)13(15)16/h4-6H,3H2,1-2H3. The number of nitro groups is 1. The molecule has 6 heteroatoms. The van der Waals surface area contributed by atoms with Crippen LogP contribution < -0.4 is 0 Å². The van der Waals surface area contributed by atoms with Crippen LogP contribution in [-0.2, 0) is 4.74 Å². The molecule has 0 bridgehead atoms. The summed E-state index contributed by atoms with van der Waals surface area (Å²) >= 11 is 0. The molecule has 2 rings (SSSR count). The topological polar surface area (TPSA) is 82.6 Å². The van der Waals surface area contributed by atoms with E-state index in [-0.39, 0.29) is 23.2 Å². The number of rotatable bonds is 3. The molecule has 0 saturated heterocycles. The van der Waals surface area contributed by atoms with Gasteiger partial charge in [0.1, 0.15) is 22.3 Å². The van der Waals surface area contributed by atoms with Crippen LogP contribution >= 0.6 is 0 Å². The van der Waals surface area contributed by atoms with E-state index >= 15 is 0 Å². The van der Waals surface area contributed by atoms with Gasteiger partial charge in [-0.15, -0.1) is 0 Å². The lowest BCUT2D eigenvalue weighted by atomic mass is 10.1. The molecule has 0 fully saturated rings. The van der Waals surface area contributed by atoms with Crippen LogP contribution in [0.4, 0.5) is 5.69 Å². The molecule has 0 saturated carbocycles. The number of benzene rings is 1. The Balaban J connectivity index is 2.75. The number of carbonyl (C=O) groups excluding carboxylic acids is 1. The molecule has 0 radical (unpaired) electrons. The zero-order valence-corrected chi connectivity index (χ0v) is 9.93. The van der Waals surface area contributed by atoms with E-state index in [0.29, 0.717) is 11.3 Å². The van der Waals surface area contributed by atoms with E-state index in [0.717, 1.165) is 0 Å². The first-order chi connectivity index (χ1) is 8.56. The van der Waals surface area contributed by atoms with Crippen LogP contribution in [0.25, 0.3) is 11.0 Å². The Hall–Kier alpha value is -2.37. The molecule has 0 atom stereocenters. The molecule has 2 aromatic rings. The first-order valence-electron chi connectivity index (χ1n) is 5.40. The molecule has 0 amide bonds. The average Bonchev–Trinajstić information content (AvgIpc) is 2.64. The van der Waals surface area contributed by atoms with Crippen LogP contribution in [0.1, 0.15) is 23.0 Å².